The number of aryl methyl sites for hydroxylation is 1. The molecule has 2 aromatic carbocycles. The molecule has 0 aliphatic heterocycles. The van der Waals surface area contributed by atoms with Gasteiger partial charge in [-0.1, -0.05) is 61.0 Å². The molecule has 0 fully saturated rings. The molecule has 7 heteroatoms. The van der Waals surface area contributed by atoms with E-state index in [0.29, 0.717) is 22.6 Å². The van der Waals surface area contributed by atoms with Crippen molar-refractivity contribution in [2.24, 2.45) is 5.92 Å². The van der Waals surface area contributed by atoms with Crippen molar-refractivity contribution in [1.29, 1.82) is 0 Å². The average molecular weight is 415 g/mol. The zero-order chi connectivity index (χ0) is 20.1. The predicted octanol–water partition coefficient (Wildman–Crippen LogP) is 4.76. The molecule has 3 rings (SSSR count). The van der Waals surface area contributed by atoms with Crippen LogP contribution in [0.1, 0.15) is 19.4 Å². The number of rotatable bonds is 7. The van der Waals surface area contributed by atoms with Crippen molar-refractivity contribution < 1.29 is 4.79 Å². The molecule has 1 amide bonds. The Hall–Kier alpha value is -2.31. The number of benzene rings is 2. The highest BCUT2D eigenvalue weighted by atomic mass is 35.5. The van der Waals surface area contributed by atoms with Gasteiger partial charge in [0.2, 0.25) is 5.91 Å². The summed E-state index contributed by atoms with van der Waals surface area (Å²) in [7, 11) is 0. The molecule has 1 aromatic heterocycles. The maximum Gasteiger partial charge on any atom is 0.230 e. The van der Waals surface area contributed by atoms with Crippen LogP contribution in [0.5, 0.6) is 0 Å². The minimum atomic E-state index is -0.0125. The number of hydrogen-bond acceptors (Lipinski definition) is 4. The lowest BCUT2D eigenvalue weighted by Gasteiger charge is -2.11. The van der Waals surface area contributed by atoms with E-state index in [9.17, 15) is 4.79 Å². The summed E-state index contributed by atoms with van der Waals surface area (Å²) in [6.07, 6.45) is 0. The van der Waals surface area contributed by atoms with Gasteiger partial charge >= 0.3 is 0 Å². The highest BCUT2D eigenvalue weighted by Crippen LogP contribution is 2.29. The van der Waals surface area contributed by atoms with E-state index in [1.165, 1.54) is 11.8 Å². The van der Waals surface area contributed by atoms with Crippen LogP contribution in [0.15, 0.2) is 53.7 Å². The van der Waals surface area contributed by atoms with E-state index in [2.05, 4.69) is 35.4 Å². The summed E-state index contributed by atoms with van der Waals surface area (Å²) in [6, 6.07) is 15.6. The molecule has 0 saturated heterocycles. The molecule has 0 atom stereocenters. The maximum atomic E-state index is 12.1. The van der Waals surface area contributed by atoms with E-state index in [4.69, 9.17) is 11.6 Å². The van der Waals surface area contributed by atoms with Crippen molar-refractivity contribution in [3.63, 3.8) is 0 Å². The summed E-state index contributed by atoms with van der Waals surface area (Å²) < 4.78 is 1.96. The van der Waals surface area contributed by atoms with Crippen molar-refractivity contribution in [2.45, 2.75) is 25.9 Å². The van der Waals surface area contributed by atoms with Crippen LogP contribution in [0.4, 0.5) is 0 Å². The van der Waals surface area contributed by atoms with Crippen LogP contribution < -0.4 is 5.32 Å². The first-order chi connectivity index (χ1) is 13.4. The summed E-state index contributed by atoms with van der Waals surface area (Å²) >= 11 is 7.42. The zero-order valence-corrected chi connectivity index (χ0v) is 17.7. The van der Waals surface area contributed by atoms with E-state index >= 15 is 0 Å². The second kappa shape index (κ2) is 9.26. The number of halogens is 1. The van der Waals surface area contributed by atoms with Gasteiger partial charge in [0.15, 0.2) is 11.0 Å². The van der Waals surface area contributed by atoms with E-state index in [1.807, 2.05) is 54.0 Å². The van der Waals surface area contributed by atoms with Crippen LogP contribution in [0.2, 0.25) is 5.02 Å². The van der Waals surface area contributed by atoms with Gasteiger partial charge in [0.05, 0.1) is 5.75 Å². The largest absolute Gasteiger partial charge is 0.355 e. The van der Waals surface area contributed by atoms with Crippen LogP contribution in [-0.4, -0.2) is 33.0 Å². The van der Waals surface area contributed by atoms with Gasteiger partial charge in [0.1, 0.15) is 0 Å². The van der Waals surface area contributed by atoms with Gasteiger partial charge in [0, 0.05) is 22.8 Å². The first-order valence-electron chi connectivity index (χ1n) is 9.12. The number of carbonyl (C=O) groups excluding carboxylic acids is 1. The molecule has 1 N–H and O–H groups in total. The Morgan fingerprint density at radius 2 is 1.93 bits per heavy atom. The van der Waals surface area contributed by atoms with Crippen molar-refractivity contribution in [1.82, 2.24) is 20.1 Å². The predicted molar refractivity (Wildman–Crippen MR) is 115 cm³/mol. The van der Waals surface area contributed by atoms with Crippen molar-refractivity contribution in [3.8, 4) is 17.1 Å². The molecule has 0 saturated carbocycles. The first kappa shape index (κ1) is 20.4. The average Bonchev–Trinajstić information content (AvgIpc) is 3.09. The number of thioether (sulfide) groups is 1. The van der Waals surface area contributed by atoms with Gasteiger partial charge in [-0.2, -0.15) is 0 Å². The second-order valence-corrected chi connectivity index (χ2v) is 8.35. The molecule has 5 nitrogen and oxygen atoms in total. The van der Waals surface area contributed by atoms with E-state index in [-0.39, 0.29) is 11.7 Å². The summed E-state index contributed by atoms with van der Waals surface area (Å²) in [5.41, 5.74) is 3.01. The molecule has 28 heavy (non-hydrogen) atoms. The summed E-state index contributed by atoms with van der Waals surface area (Å²) in [4.78, 5) is 12.1. The Balaban J connectivity index is 1.92. The molecule has 1 heterocycles. The van der Waals surface area contributed by atoms with Crippen LogP contribution in [-0.2, 0) is 4.79 Å². The van der Waals surface area contributed by atoms with Crippen LogP contribution >= 0.6 is 23.4 Å². The minimum absolute atomic E-state index is 0.0125. The monoisotopic (exact) mass is 414 g/mol. The molecule has 0 aliphatic rings. The van der Waals surface area contributed by atoms with Gasteiger partial charge < -0.3 is 5.32 Å². The smallest absolute Gasteiger partial charge is 0.230 e. The van der Waals surface area contributed by atoms with Gasteiger partial charge in [-0.25, -0.2) is 0 Å². The molecule has 0 spiro atoms. The SMILES string of the molecule is Cc1cccc(-c2nnc(SCC(=O)NCC(C)C)n2-c2ccc(Cl)cc2)c1. The number of nitrogens with zero attached hydrogens (tertiary/aromatic N) is 3. The fourth-order valence-electron chi connectivity index (χ4n) is 2.66. The third kappa shape index (κ3) is 5.14. The van der Waals surface area contributed by atoms with Crippen molar-refractivity contribution in [3.05, 3.63) is 59.1 Å². The topological polar surface area (TPSA) is 59.8 Å². The lowest BCUT2D eigenvalue weighted by molar-refractivity contribution is -0.118. The molecule has 0 bridgehead atoms. The molecule has 0 aliphatic carbocycles. The Labute approximate surface area is 174 Å². The highest BCUT2D eigenvalue weighted by molar-refractivity contribution is 7.99. The molecule has 0 radical (unpaired) electrons. The quantitative estimate of drug-likeness (QED) is 0.566. The van der Waals surface area contributed by atoms with Crippen molar-refractivity contribution >= 4 is 29.3 Å². The molecule has 0 unspecified atom stereocenters. The fourth-order valence-corrected chi connectivity index (χ4v) is 3.56. The Bertz CT molecular complexity index is 953. The van der Waals surface area contributed by atoms with Crippen LogP contribution in [0.25, 0.3) is 17.1 Å². The molecule has 146 valence electrons. The van der Waals surface area contributed by atoms with Gasteiger partial charge in [-0.05, 0) is 43.2 Å². The van der Waals surface area contributed by atoms with E-state index in [0.717, 1.165) is 22.6 Å². The van der Waals surface area contributed by atoms with E-state index < -0.39 is 0 Å². The maximum absolute atomic E-state index is 12.1. The minimum Gasteiger partial charge on any atom is -0.355 e. The number of carbonyl (C=O) groups is 1. The van der Waals surface area contributed by atoms with Crippen LogP contribution in [0, 0.1) is 12.8 Å². The summed E-state index contributed by atoms with van der Waals surface area (Å²) in [6.45, 7) is 6.84. The van der Waals surface area contributed by atoms with Gasteiger partial charge in [0.25, 0.3) is 0 Å². The number of aromatic nitrogens is 3. The second-order valence-electron chi connectivity index (χ2n) is 6.97. The van der Waals surface area contributed by atoms with Crippen LogP contribution in [0.3, 0.4) is 0 Å². The lowest BCUT2D eigenvalue weighted by atomic mass is 10.1. The highest BCUT2D eigenvalue weighted by Gasteiger charge is 2.17. The number of hydrogen-bond donors (Lipinski definition) is 1. The Morgan fingerprint density at radius 3 is 2.61 bits per heavy atom. The third-order valence-electron chi connectivity index (χ3n) is 4.03. The number of amides is 1. The zero-order valence-electron chi connectivity index (χ0n) is 16.1. The van der Waals surface area contributed by atoms with E-state index in [1.54, 1.807) is 0 Å². The molecule has 3 aromatic rings. The summed E-state index contributed by atoms with van der Waals surface area (Å²) in [5, 5.41) is 13.0. The van der Waals surface area contributed by atoms with Crippen molar-refractivity contribution in [2.75, 3.05) is 12.3 Å². The van der Waals surface area contributed by atoms with Gasteiger partial charge in [-0.15, -0.1) is 10.2 Å². The number of nitrogens with one attached hydrogen (secondary N) is 1. The standard InChI is InChI=1S/C21H23ClN4OS/c1-14(2)12-23-19(27)13-28-21-25-24-20(16-6-4-5-15(3)11-16)26(21)18-9-7-17(22)8-10-18/h4-11,14H,12-13H2,1-3H3,(H,23,27). The van der Waals surface area contributed by atoms with Gasteiger partial charge in [-0.3, -0.25) is 9.36 Å². The normalized spacial score (nSPS) is 11.0. The third-order valence-corrected chi connectivity index (χ3v) is 5.22. The molecular weight excluding hydrogens is 392 g/mol. The Kier molecular flexibility index (Phi) is 6.75. The summed E-state index contributed by atoms with van der Waals surface area (Å²) in [5.74, 6) is 1.42. The lowest BCUT2D eigenvalue weighted by Crippen LogP contribution is -2.28. The molecular formula is C21H23ClN4OS. The fraction of sp³-hybridized carbons (Fsp3) is 0.286. The Morgan fingerprint density at radius 1 is 1.18 bits per heavy atom. The first-order valence-corrected chi connectivity index (χ1v) is 10.5.